The molecule has 1 atom stereocenters. The number of hydrogen-bond acceptors (Lipinski definition) is 3. The van der Waals surface area contributed by atoms with Gasteiger partial charge in [0.25, 0.3) is 0 Å². The zero-order valence-electron chi connectivity index (χ0n) is 15.8. The number of halogens is 3. The maximum absolute atomic E-state index is 10.6. The van der Waals surface area contributed by atoms with Crippen LogP contribution in [0.2, 0.25) is 0 Å². The first-order chi connectivity index (χ1) is 13.2. The molecule has 2 aromatic rings. The van der Waals surface area contributed by atoms with Crippen molar-refractivity contribution < 1.29 is 27.8 Å². The number of carboxylic acid groups (broad SMARTS) is 1. The third-order valence-corrected chi connectivity index (χ3v) is 4.55. The van der Waals surface area contributed by atoms with E-state index in [1.165, 1.54) is 22.3 Å². The Hall–Kier alpha value is -2.54. The number of rotatable bonds is 3. The van der Waals surface area contributed by atoms with Crippen molar-refractivity contribution in [2.75, 3.05) is 20.2 Å². The number of carbonyl (C=O) groups is 1. The second-order valence-corrected chi connectivity index (χ2v) is 6.72. The number of alkyl halides is 3. The van der Waals surface area contributed by atoms with Crippen molar-refractivity contribution in [3.8, 4) is 5.75 Å². The number of ether oxygens (including phenoxy) is 1. The summed E-state index contributed by atoms with van der Waals surface area (Å²) in [5, 5.41) is 10.6. The number of methoxy groups -OCH3 is 1. The van der Waals surface area contributed by atoms with Gasteiger partial charge in [-0.15, -0.1) is 0 Å². The molecule has 0 aromatic heterocycles. The topological polar surface area (TPSA) is 58.6 Å². The summed E-state index contributed by atoms with van der Waals surface area (Å²) in [6.45, 7) is 4.48. The van der Waals surface area contributed by atoms with Gasteiger partial charge in [-0.3, -0.25) is 0 Å². The van der Waals surface area contributed by atoms with Gasteiger partial charge in [0, 0.05) is 6.54 Å². The van der Waals surface area contributed by atoms with Crippen molar-refractivity contribution in [1.82, 2.24) is 5.32 Å². The van der Waals surface area contributed by atoms with Crippen LogP contribution in [-0.4, -0.2) is 37.5 Å². The smallest absolute Gasteiger partial charge is 0.490 e. The van der Waals surface area contributed by atoms with Crippen LogP contribution in [0.3, 0.4) is 0 Å². The summed E-state index contributed by atoms with van der Waals surface area (Å²) in [6, 6.07) is 15.3. The lowest BCUT2D eigenvalue weighted by molar-refractivity contribution is -0.192. The van der Waals surface area contributed by atoms with Gasteiger partial charge in [0.1, 0.15) is 5.75 Å². The molecule has 0 saturated heterocycles. The summed E-state index contributed by atoms with van der Waals surface area (Å²) in [6.07, 6.45) is -2.98. The number of carboxylic acids is 1. The fourth-order valence-corrected chi connectivity index (χ4v) is 3.11. The third kappa shape index (κ3) is 6.27. The van der Waals surface area contributed by atoms with Gasteiger partial charge in [0.2, 0.25) is 0 Å². The zero-order chi connectivity index (χ0) is 20.7. The standard InChI is InChI=1S/C19H23NO.C2HF3O2/c1-14-13-20-9-8-17-7-6-16(12-19(14)17)10-15-4-3-5-18(11-15)21-2;3-2(4,5)1(6)7/h3-7,11-12,14,20H,8-10,13H2,1-2H3;(H,6,7)/t14-;/m1./s1. The number of nitrogens with one attached hydrogen (secondary N) is 1. The van der Waals surface area contributed by atoms with Crippen LogP contribution in [0.1, 0.15) is 35.1 Å². The van der Waals surface area contributed by atoms with E-state index in [-0.39, 0.29) is 0 Å². The van der Waals surface area contributed by atoms with E-state index in [1.54, 1.807) is 7.11 Å². The summed E-state index contributed by atoms with van der Waals surface area (Å²) in [7, 11) is 1.72. The van der Waals surface area contributed by atoms with Gasteiger partial charge in [-0.25, -0.2) is 4.79 Å². The molecule has 1 heterocycles. The average Bonchev–Trinajstić information content (AvgIpc) is 2.83. The second kappa shape index (κ2) is 9.59. The van der Waals surface area contributed by atoms with E-state index in [0.717, 1.165) is 31.7 Å². The van der Waals surface area contributed by atoms with E-state index in [4.69, 9.17) is 14.6 Å². The molecular weight excluding hydrogens is 371 g/mol. The van der Waals surface area contributed by atoms with Crippen molar-refractivity contribution >= 4 is 5.97 Å². The lowest BCUT2D eigenvalue weighted by Crippen LogP contribution is -2.21. The first kappa shape index (κ1) is 21.8. The Labute approximate surface area is 162 Å². The molecule has 0 radical (unpaired) electrons. The fourth-order valence-electron chi connectivity index (χ4n) is 3.11. The van der Waals surface area contributed by atoms with Crippen LogP contribution >= 0.6 is 0 Å². The molecule has 2 N–H and O–H groups in total. The van der Waals surface area contributed by atoms with Crippen molar-refractivity contribution in [3.05, 3.63) is 64.7 Å². The highest BCUT2D eigenvalue weighted by atomic mass is 19.4. The molecule has 0 fully saturated rings. The zero-order valence-corrected chi connectivity index (χ0v) is 15.8. The Morgan fingerprint density at radius 2 is 1.89 bits per heavy atom. The maximum Gasteiger partial charge on any atom is 0.490 e. The predicted octanol–water partition coefficient (Wildman–Crippen LogP) is 4.17. The van der Waals surface area contributed by atoms with E-state index >= 15 is 0 Å². The quantitative estimate of drug-likeness (QED) is 0.819. The highest BCUT2D eigenvalue weighted by Crippen LogP contribution is 2.25. The van der Waals surface area contributed by atoms with Gasteiger partial charge < -0.3 is 15.2 Å². The molecule has 0 amide bonds. The molecule has 0 saturated carbocycles. The van der Waals surface area contributed by atoms with Gasteiger partial charge in [-0.2, -0.15) is 13.2 Å². The lowest BCUT2D eigenvalue weighted by Gasteiger charge is -2.14. The van der Waals surface area contributed by atoms with Crippen molar-refractivity contribution in [3.63, 3.8) is 0 Å². The van der Waals surface area contributed by atoms with Crippen LogP contribution in [0, 0.1) is 0 Å². The van der Waals surface area contributed by atoms with Crippen molar-refractivity contribution in [2.45, 2.75) is 31.9 Å². The van der Waals surface area contributed by atoms with Gasteiger partial charge >= 0.3 is 12.1 Å². The maximum atomic E-state index is 10.6. The highest BCUT2D eigenvalue weighted by molar-refractivity contribution is 5.73. The Kier molecular flexibility index (Phi) is 7.45. The number of hydrogen-bond donors (Lipinski definition) is 2. The molecule has 152 valence electrons. The molecule has 0 unspecified atom stereocenters. The molecule has 3 rings (SSSR count). The van der Waals surface area contributed by atoms with Gasteiger partial charge in [0.05, 0.1) is 7.11 Å². The first-order valence-electron chi connectivity index (χ1n) is 8.96. The molecule has 0 aliphatic carbocycles. The van der Waals surface area contributed by atoms with Gasteiger partial charge in [-0.1, -0.05) is 37.3 Å². The van der Waals surface area contributed by atoms with Crippen LogP contribution in [-0.2, 0) is 17.6 Å². The van der Waals surface area contributed by atoms with E-state index in [0.29, 0.717) is 5.92 Å². The summed E-state index contributed by atoms with van der Waals surface area (Å²) in [5.74, 6) is -1.24. The Balaban J connectivity index is 0.000000345. The Bertz CT molecular complexity index is 806. The summed E-state index contributed by atoms with van der Waals surface area (Å²) in [5.41, 5.74) is 5.70. The molecule has 1 aliphatic rings. The highest BCUT2D eigenvalue weighted by Gasteiger charge is 2.38. The largest absolute Gasteiger partial charge is 0.497 e. The monoisotopic (exact) mass is 395 g/mol. The van der Waals surface area contributed by atoms with Crippen LogP contribution in [0.15, 0.2) is 42.5 Å². The number of fused-ring (bicyclic) bond motifs is 1. The first-order valence-corrected chi connectivity index (χ1v) is 8.96. The van der Waals surface area contributed by atoms with E-state index in [1.807, 2.05) is 6.07 Å². The van der Waals surface area contributed by atoms with Crippen LogP contribution in [0.5, 0.6) is 5.75 Å². The van der Waals surface area contributed by atoms with Gasteiger partial charge in [0.15, 0.2) is 0 Å². The third-order valence-electron chi connectivity index (χ3n) is 4.55. The summed E-state index contributed by atoms with van der Waals surface area (Å²) < 4.78 is 37.0. The van der Waals surface area contributed by atoms with Crippen LogP contribution < -0.4 is 10.1 Å². The minimum atomic E-state index is -5.08. The molecule has 4 nitrogen and oxygen atoms in total. The molecular formula is C21H24F3NO3. The molecule has 0 bridgehead atoms. The second-order valence-electron chi connectivity index (χ2n) is 6.72. The molecule has 1 aliphatic heterocycles. The SMILES string of the molecule is COc1cccc(Cc2ccc3c(c2)[C@H](C)CNCC3)c1.O=C(O)C(F)(F)F. The Morgan fingerprint density at radius 1 is 1.21 bits per heavy atom. The van der Waals surface area contributed by atoms with Crippen molar-refractivity contribution in [1.29, 1.82) is 0 Å². The van der Waals surface area contributed by atoms with E-state index < -0.39 is 12.1 Å². The number of aliphatic carboxylic acids is 1. The minimum Gasteiger partial charge on any atom is -0.497 e. The van der Waals surface area contributed by atoms with Crippen molar-refractivity contribution in [2.24, 2.45) is 0 Å². The Morgan fingerprint density at radius 3 is 2.54 bits per heavy atom. The normalized spacial score (nSPS) is 16.2. The lowest BCUT2D eigenvalue weighted by atomic mass is 9.91. The van der Waals surface area contributed by atoms with E-state index in [9.17, 15) is 13.2 Å². The molecule has 2 aromatic carbocycles. The van der Waals surface area contributed by atoms with Crippen LogP contribution in [0.4, 0.5) is 13.2 Å². The predicted molar refractivity (Wildman–Crippen MR) is 101 cm³/mol. The number of benzene rings is 2. The fraction of sp³-hybridized carbons (Fsp3) is 0.381. The van der Waals surface area contributed by atoms with Gasteiger partial charge in [-0.05, 0) is 59.7 Å². The average molecular weight is 395 g/mol. The summed E-state index contributed by atoms with van der Waals surface area (Å²) >= 11 is 0. The minimum absolute atomic E-state index is 0.591. The molecule has 28 heavy (non-hydrogen) atoms. The van der Waals surface area contributed by atoms with Crippen LogP contribution in [0.25, 0.3) is 0 Å². The summed E-state index contributed by atoms with van der Waals surface area (Å²) in [4.78, 5) is 8.90. The molecule has 7 heteroatoms. The van der Waals surface area contributed by atoms with E-state index in [2.05, 4.69) is 48.6 Å². The molecule has 0 spiro atoms.